The fraction of sp³-hybridized carbons (Fsp3) is 0.250. The third kappa shape index (κ3) is 4.84. The lowest BCUT2D eigenvalue weighted by Crippen LogP contribution is -2.51. The Labute approximate surface area is 158 Å². The predicted octanol–water partition coefficient (Wildman–Crippen LogP) is 2.63. The Morgan fingerprint density at radius 1 is 0.741 bits per heavy atom. The molecule has 1 saturated heterocycles. The Balaban J connectivity index is 1.53. The van der Waals surface area contributed by atoms with E-state index < -0.39 is 0 Å². The van der Waals surface area contributed by atoms with Crippen LogP contribution in [0.1, 0.15) is 17.3 Å². The van der Waals surface area contributed by atoms with Crippen molar-refractivity contribution in [2.75, 3.05) is 36.8 Å². The number of amides is 4. The summed E-state index contributed by atoms with van der Waals surface area (Å²) in [6, 6.07) is 15.9. The number of benzene rings is 2. The van der Waals surface area contributed by atoms with Crippen LogP contribution < -0.4 is 10.6 Å². The highest BCUT2D eigenvalue weighted by Crippen LogP contribution is 2.14. The summed E-state index contributed by atoms with van der Waals surface area (Å²) in [7, 11) is 0. The average molecular weight is 366 g/mol. The van der Waals surface area contributed by atoms with Crippen molar-refractivity contribution in [2.45, 2.75) is 6.92 Å². The number of hydrogen-bond donors (Lipinski definition) is 2. The van der Waals surface area contributed by atoms with Gasteiger partial charge in [-0.05, 0) is 36.4 Å². The lowest BCUT2D eigenvalue weighted by molar-refractivity contribution is -0.114. The summed E-state index contributed by atoms with van der Waals surface area (Å²) >= 11 is 0. The maximum atomic E-state index is 12.6. The van der Waals surface area contributed by atoms with Gasteiger partial charge in [0.15, 0.2) is 0 Å². The second kappa shape index (κ2) is 8.35. The molecule has 0 radical (unpaired) electrons. The zero-order valence-electron chi connectivity index (χ0n) is 15.1. The van der Waals surface area contributed by atoms with Crippen LogP contribution in [-0.2, 0) is 4.79 Å². The molecule has 2 aromatic rings. The Hall–Kier alpha value is -3.35. The molecule has 1 heterocycles. The first kappa shape index (κ1) is 18.4. The molecule has 4 amide bonds. The molecule has 0 aliphatic carbocycles. The second-order valence-corrected chi connectivity index (χ2v) is 6.33. The summed E-state index contributed by atoms with van der Waals surface area (Å²) in [6.45, 7) is 3.36. The number of nitrogens with zero attached hydrogens (tertiary/aromatic N) is 2. The van der Waals surface area contributed by atoms with Crippen molar-refractivity contribution in [3.8, 4) is 0 Å². The first-order chi connectivity index (χ1) is 13.0. The van der Waals surface area contributed by atoms with Crippen LogP contribution in [0, 0.1) is 0 Å². The highest BCUT2D eigenvalue weighted by Gasteiger charge is 2.24. The molecule has 7 heteroatoms. The molecule has 2 N–H and O–H groups in total. The van der Waals surface area contributed by atoms with Crippen molar-refractivity contribution in [3.63, 3.8) is 0 Å². The highest BCUT2D eigenvalue weighted by molar-refractivity contribution is 5.96. The van der Waals surface area contributed by atoms with Crippen molar-refractivity contribution >= 4 is 29.2 Å². The smallest absolute Gasteiger partial charge is 0.321 e. The zero-order valence-corrected chi connectivity index (χ0v) is 15.1. The molecule has 1 aliphatic rings. The van der Waals surface area contributed by atoms with E-state index in [1.807, 2.05) is 30.3 Å². The van der Waals surface area contributed by atoms with E-state index in [4.69, 9.17) is 0 Å². The van der Waals surface area contributed by atoms with Crippen LogP contribution in [0.25, 0.3) is 0 Å². The summed E-state index contributed by atoms with van der Waals surface area (Å²) in [5, 5.41) is 5.53. The normalized spacial score (nSPS) is 13.8. The Morgan fingerprint density at radius 3 is 1.89 bits per heavy atom. The molecule has 0 spiro atoms. The molecule has 3 rings (SSSR count). The minimum absolute atomic E-state index is 0.0764. The van der Waals surface area contributed by atoms with Gasteiger partial charge in [0, 0.05) is 50.0 Å². The molecule has 27 heavy (non-hydrogen) atoms. The van der Waals surface area contributed by atoms with Crippen LogP contribution in [0.5, 0.6) is 0 Å². The van der Waals surface area contributed by atoms with Gasteiger partial charge in [-0.1, -0.05) is 18.2 Å². The minimum atomic E-state index is -0.159. The fourth-order valence-electron chi connectivity index (χ4n) is 2.92. The van der Waals surface area contributed by atoms with Crippen LogP contribution in [-0.4, -0.2) is 53.8 Å². The molecule has 0 unspecified atom stereocenters. The van der Waals surface area contributed by atoms with Crippen LogP contribution in [0.4, 0.5) is 16.2 Å². The molecule has 140 valence electrons. The van der Waals surface area contributed by atoms with E-state index in [1.54, 1.807) is 34.1 Å². The number of piperazine rings is 1. The van der Waals surface area contributed by atoms with E-state index in [2.05, 4.69) is 10.6 Å². The van der Waals surface area contributed by atoms with E-state index >= 15 is 0 Å². The van der Waals surface area contributed by atoms with Gasteiger partial charge in [0.1, 0.15) is 0 Å². The standard InChI is InChI=1S/C20H22N4O3/c1-15(25)21-18-9-7-16(8-10-18)19(26)23-11-13-24(14-12-23)20(27)22-17-5-3-2-4-6-17/h2-10H,11-14H2,1H3,(H,21,25)(H,22,27). The number of urea groups is 1. The average Bonchev–Trinajstić information content (AvgIpc) is 2.68. The van der Waals surface area contributed by atoms with Gasteiger partial charge in [-0.2, -0.15) is 0 Å². The number of hydrogen-bond acceptors (Lipinski definition) is 3. The first-order valence-electron chi connectivity index (χ1n) is 8.81. The van der Waals surface area contributed by atoms with Crippen LogP contribution in [0.15, 0.2) is 54.6 Å². The summed E-state index contributed by atoms with van der Waals surface area (Å²) in [6.07, 6.45) is 0. The lowest BCUT2D eigenvalue weighted by atomic mass is 10.1. The number of rotatable bonds is 3. The lowest BCUT2D eigenvalue weighted by Gasteiger charge is -2.34. The van der Waals surface area contributed by atoms with Crippen LogP contribution >= 0.6 is 0 Å². The predicted molar refractivity (Wildman–Crippen MR) is 104 cm³/mol. The zero-order chi connectivity index (χ0) is 19.2. The van der Waals surface area contributed by atoms with E-state index in [1.165, 1.54) is 6.92 Å². The number of anilines is 2. The van der Waals surface area contributed by atoms with E-state index in [-0.39, 0.29) is 17.8 Å². The SMILES string of the molecule is CC(=O)Nc1ccc(C(=O)N2CCN(C(=O)Nc3ccccc3)CC2)cc1. The molecule has 0 atom stereocenters. The highest BCUT2D eigenvalue weighted by atomic mass is 16.2. The third-order valence-corrected chi connectivity index (χ3v) is 4.33. The Morgan fingerprint density at radius 2 is 1.30 bits per heavy atom. The number of carbonyl (C=O) groups excluding carboxylic acids is 3. The number of carbonyl (C=O) groups is 3. The van der Waals surface area contributed by atoms with Gasteiger partial charge in [-0.3, -0.25) is 9.59 Å². The van der Waals surface area contributed by atoms with Gasteiger partial charge in [0.25, 0.3) is 5.91 Å². The van der Waals surface area contributed by atoms with Crippen molar-refractivity contribution in [1.82, 2.24) is 9.80 Å². The molecule has 1 aliphatic heterocycles. The van der Waals surface area contributed by atoms with Gasteiger partial charge in [-0.15, -0.1) is 0 Å². The molecular formula is C20H22N4O3. The first-order valence-corrected chi connectivity index (χ1v) is 8.81. The second-order valence-electron chi connectivity index (χ2n) is 6.33. The monoisotopic (exact) mass is 366 g/mol. The molecule has 0 saturated carbocycles. The molecule has 1 fully saturated rings. The maximum Gasteiger partial charge on any atom is 0.321 e. The third-order valence-electron chi connectivity index (χ3n) is 4.33. The number of nitrogens with one attached hydrogen (secondary N) is 2. The van der Waals surface area contributed by atoms with Gasteiger partial charge in [-0.25, -0.2) is 4.79 Å². The van der Waals surface area contributed by atoms with Crippen molar-refractivity contribution < 1.29 is 14.4 Å². The maximum absolute atomic E-state index is 12.6. The molecule has 0 bridgehead atoms. The topological polar surface area (TPSA) is 81.8 Å². The van der Waals surface area contributed by atoms with E-state index in [0.717, 1.165) is 5.69 Å². The van der Waals surface area contributed by atoms with Crippen LogP contribution in [0.3, 0.4) is 0 Å². The Kier molecular flexibility index (Phi) is 5.71. The quantitative estimate of drug-likeness (QED) is 0.876. The molecular weight excluding hydrogens is 344 g/mol. The molecule has 7 nitrogen and oxygen atoms in total. The fourth-order valence-corrected chi connectivity index (χ4v) is 2.92. The van der Waals surface area contributed by atoms with E-state index in [0.29, 0.717) is 37.4 Å². The molecule has 2 aromatic carbocycles. The largest absolute Gasteiger partial charge is 0.335 e. The van der Waals surface area contributed by atoms with Crippen molar-refractivity contribution in [1.29, 1.82) is 0 Å². The number of para-hydroxylation sites is 1. The van der Waals surface area contributed by atoms with Crippen molar-refractivity contribution in [2.24, 2.45) is 0 Å². The molecule has 0 aromatic heterocycles. The van der Waals surface area contributed by atoms with Gasteiger partial charge >= 0.3 is 6.03 Å². The van der Waals surface area contributed by atoms with Gasteiger partial charge < -0.3 is 20.4 Å². The van der Waals surface area contributed by atoms with Crippen molar-refractivity contribution in [3.05, 3.63) is 60.2 Å². The minimum Gasteiger partial charge on any atom is -0.335 e. The van der Waals surface area contributed by atoms with E-state index in [9.17, 15) is 14.4 Å². The summed E-state index contributed by atoms with van der Waals surface area (Å²) in [4.78, 5) is 39.4. The summed E-state index contributed by atoms with van der Waals surface area (Å²) in [5.41, 5.74) is 1.97. The Bertz CT molecular complexity index is 813. The summed E-state index contributed by atoms with van der Waals surface area (Å²) < 4.78 is 0. The summed E-state index contributed by atoms with van der Waals surface area (Å²) in [5.74, 6) is -0.230. The van der Waals surface area contributed by atoms with Gasteiger partial charge in [0.05, 0.1) is 0 Å². The van der Waals surface area contributed by atoms with Crippen LogP contribution in [0.2, 0.25) is 0 Å². The van der Waals surface area contributed by atoms with Gasteiger partial charge in [0.2, 0.25) is 5.91 Å².